The van der Waals surface area contributed by atoms with E-state index in [4.69, 9.17) is 5.73 Å². The number of hydrogen-bond acceptors (Lipinski definition) is 3. The lowest BCUT2D eigenvalue weighted by molar-refractivity contribution is 0.175. The lowest BCUT2D eigenvalue weighted by Gasteiger charge is -2.31. The van der Waals surface area contributed by atoms with Crippen LogP contribution in [0, 0.1) is 5.92 Å². The van der Waals surface area contributed by atoms with Gasteiger partial charge in [-0.3, -0.25) is 4.90 Å². The van der Waals surface area contributed by atoms with E-state index in [0.717, 1.165) is 19.0 Å². The zero-order chi connectivity index (χ0) is 11.4. The van der Waals surface area contributed by atoms with Gasteiger partial charge in [-0.15, -0.1) is 11.3 Å². The second-order valence-corrected chi connectivity index (χ2v) is 7.05. The topological polar surface area (TPSA) is 29.3 Å². The molecule has 0 bridgehead atoms. The van der Waals surface area contributed by atoms with Gasteiger partial charge in [0.15, 0.2) is 0 Å². The van der Waals surface area contributed by atoms with E-state index >= 15 is 0 Å². The van der Waals surface area contributed by atoms with Gasteiger partial charge in [-0.05, 0) is 72.9 Å². The average molecular weight is 303 g/mol. The minimum atomic E-state index is 0.850. The predicted octanol–water partition coefficient (Wildman–Crippen LogP) is 3.07. The molecule has 2 N–H and O–H groups in total. The van der Waals surface area contributed by atoms with Gasteiger partial charge in [-0.1, -0.05) is 0 Å². The Balaban J connectivity index is 1.77. The van der Waals surface area contributed by atoms with Crippen LogP contribution in [0.15, 0.2) is 15.9 Å². The number of halogens is 1. The van der Waals surface area contributed by atoms with E-state index in [1.807, 2.05) is 11.3 Å². The highest BCUT2D eigenvalue weighted by Gasteiger charge is 2.18. The Morgan fingerprint density at radius 3 is 2.69 bits per heavy atom. The largest absolute Gasteiger partial charge is 0.330 e. The fourth-order valence-corrected chi connectivity index (χ4v) is 3.85. The van der Waals surface area contributed by atoms with Gasteiger partial charge in [0.2, 0.25) is 0 Å². The molecule has 2 heterocycles. The van der Waals surface area contributed by atoms with Gasteiger partial charge >= 0.3 is 0 Å². The number of rotatable bonds is 4. The fourth-order valence-electron chi connectivity index (χ4n) is 2.33. The van der Waals surface area contributed by atoms with Crippen molar-refractivity contribution in [3.63, 3.8) is 0 Å². The number of nitrogens with two attached hydrogens (primary N) is 1. The van der Waals surface area contributed by atoms with Crippen LogP contribution in [0.25, 0.3) is 0 Å². The molecule has 16 heavy (non-hydrogen) atoms. The number of likely N-dealkylation sites (tertiary alicyclic amines) is 1. The van der Waals surface area contributed by atoms with Crippen LogP contribution in [0.1, 0.15) is 24.1 Å². The zero-order valence-corrected chi connectivity index (χ0v) is 11.9. The maximum absolute atomic E-state index is 5.60. The second-order valence-electron chi connectivity index (χ2n) is 4.50. The molecule has 0 amide bonds. The molecular formula is C12H19BrN2S. The van der Waals surface area contributed by atoms with Crippen LogP contribution in [0.2, 0.25) is 0 Å². The molecule has 1 aromatic rings. The Labute approximate surface area is 110 Å². The van der Waals surface area contributed by atoms with E-state index < -0.39 is 0 Å². The molecule has 0 saturated carbocycles. The first-order valence-corrected chi connectivity index (χ1v) is 7.55. The van der Waals surface area contributed by atoms with E-state index in [2.05, 4.69) is 33.0 Å². The molecule has 4 heteroatoms. The van der Waals surface area contributed by atoms with Crippen molar-refractivity contribution in [2.45, 2.75) is 25.8 Å². The minimum Gasteiger partial charge on any atom is -0.330 e. The molecule has 0 atom stereocenters. The summed E-state index contributed by atoms with van der Waals surface area (Å²) in [7, 11) is 0. The Kier molecular flexibility index (Phi) is 4.82. The van der Waals surface area contributed by atoms with Crippen LogP contribution < -0.4 is 5.73 Å². The summed E-state index contributed by atoms with van der Waals surface area (Å²) in [5.41, 5.74) is 5.60. The monoisotopic (exact) mass is 302 g/mol. The van der Waals surface area contributed by atoms with E-state index in [9.17, 15) is 0 Å². The molecule has 1 aliphatic rings. The molecule has 0 radical (unpaired) electrons. The molecule has 2 rings (SSSR count). The van der Waals surface area contributed by atoms with E-state index in [-0.39, 0.29) is 0 Å². The van der Waals surface area contributed by atoms with Crippen molar-refractivity contribution in [3.05, 3.63) is 20.8 Å². The number of nitrogens with zero attached hydrogens (tertiary/aromatic N) is 1. The quantitative estimate of drug-likeness (QED) is 0.926. The van der Waals surface area contributed by atoms with Gasteiger partial charge in [-0.25, -0.2) is 0 Å². The summed E-state index contributed by atoms with van der Waals surface area (Å²) in [5, 5.41) is 0. The Morgan fingerprint density at radius 2 is 2.12 bits per heavy atom. The first-order chi connectivity index (χ1) is 7.78. The number of thiophene rings is 1. The van der Waals surface area contributed by atoms with Crippen LogP contribution in [-0.4, -0.2) is 24.5 Å². The number of piperidine rings is 1. The summed E-state index contributed by atoms with van der Waals surface area (Å²) < 4.78 is 1.24. The van der Waals surface area contributed by atoms with Gasteiger partial charge in [0, 0.05) is 11.4 Å². The van der Waals surface area contributed by atoms with Crippen molar-refractivity contribution in [1.82, 2.24) is 4.90 Å². The Morgan fingerprint density at radius 1 is 1.38 bits per heavy atom. The molecule has 0 spiro atoms. The summed E-state index contributed by atoms with van der Waals surface area (Å²) in [5.74, 6) is 0.872. The first kappa shape index (κ1) is 12.6. The normalized spacial score (nSPS) is 19.1. The number of hydrogen-bond donors (Lipinski definition) is 1. The van der Waals surface area contributed by atoms with E-state index in [1.54, 1.807) is 0 Å². The van der Waals surface area contributed by atoms with Crippen molar-refractivity contribution < 1.29 is 0 Å². The minimum absolute atomic E-state index is 0.850. The lowest BCUT2D eigenvalue weighted by atomic mass is 9.94. The third-order valence-electron chi connectivity index (χ3n) is 3.29. The maximum Gasteiger partial charge on any atom is 0.0701 e. The summed E-state index contributed by atoms with van der Waals surface area (Å²) >= 11 is 5.36. The highest BCUT2D eigenvalue weighted by molar-refractivity contribution is 9.11. The highest BCUT2D eigenvalue weighted by Crippen LogP contribution is 2.26. The molecule has 0 aliphatic carbocycles. The molecule has 1 fully saturated rings. The van der Waals surface area contributed by atoms with Gasteiger partial charge in [0.1, 0.15) is 0 Å². The molecular weight excluding hydrogens is 284 g/mol. The van der Waals surface area contributed by atoms with E-state index in [0.29, 0.717) is 0 Å². The van der Waals surface area contributed by atoms with Crippen molar-refractivity contribution in [1.29, 1.82) is 0 Å². The molecule has 1 aliphatic heterocycles. The van der Waals surface area contributed by atoms with Gasteiger partial charge in [0.05, 0.1) is 3.79 Å². The molecule has 90 valence electrons. The molecule has 1 saturated heterocycles. The fraction of sp³-hybridized carbons (Fsp3) is 0.667. The van der Waals surface area contributed by atoms with Crippen LogP contribution >= 0.6 is 27.3 Å². The zero-order valence-electron chi connectivity index (χ0n) is 9.49. The van der Waals surface area contributed by atoms with Crippen molar-refractivity contribution in [2.75, 3.05) is 19.6 Å². The maximum atomic E-state index is 5.60. The van der Waals surface area contributed by atoms with Crippen LogP contribution in [0.5, 0.6) is 0 Å². The third-order valence-corrected chi connectivity index (χ3v) is 4.90. The summed E-state index contributed by atoms with van der Waals surface area (Å²) in [6.45, 7) is 4.44. The molecule has 0 unspecified atom stereocenters. The van der Waals surface area contributed by atoms with Crippen LogP contribution in [0.3, 0.4) is 0 Å². The average Bonchev–Trinajstić information content (AvgIpc) is 2.67. The first-order valence-electron chi connectivity index (χ1n) is 5.94. The second kappa shape index (κ2) is 6.15. The SMILES string of the molecule is NCCC1CCN(Cc2ccc(Br)s2)CC1. The van der Waals surface area contributed by atoms with Crippen LogP contribution in [-0.2, 0) is 6.54 Å². The summed E-state index contributed by atoms with van der Waals surface area (Å²) in [4.78, 5) is 4.02. The Hall–Kier alpha value is 0.1000. The molecule has 1 aromatic heterocycles. The predicted molar refractivity (Wildman–Crippen MR) is 73.7 cm³/mol. The third kappa shape index (κ3) is 3.55. The standard InChI is InChI=1S/C12H19BrN2S/c13-12-2-1-11(16-12)9-15-7-4-10(3-6-14)5-8-15/h1-2,10H,3-9,14H2. The van der Waals surface area contributed by atoms with Gasteiger partial charge in [0.25, 0.3) is 0 Å². The molecule has 0 aromatic carbocycles. The summed E-state index contributed by atoms with van der Waals surface area (Å²) in [6, 6.07) is 4.36. The lowest BCUT2D eigenvalue weighted by Crippen LogP contribution is -2.33. The molecule has 2 nitrogen and oxygen atoms in total. The smallest absolute Gasteiger partial charge is 0.0701 e. The Bertz CT molecular complexity index is 319. The van der Waals surface area contributed by atoms with Crippen LogP contribution in [0.4, 0.5) is 0 Å². The van der Waals surface area contributed by atoms with Gasteiger partial charge in [-0.2, -0.15) is 0 Å². The highest BCUT2D eigenvalue weighted by atomic mass is 79.9. The summed E-state index contributed by atoms with van der Waals surface area (Å²) in [6.07, 6.45) is 3.85. The van der Waals surface area contributed by atoms with E-state index in [1.165, 1.54) is 41.0 Å². The van der Waals surface area contributed by atoms with Crippen molar-refractivity contribution >= 4 is 27.3 Å². The van der Waals surface area contributed by atoms with Gasteiger partial charge < -0.3 is 5.73 Å². The van der Waals surface area contributed by atoms with Crippen molar-refractivity contribution in [3.8, 4) is 0 Å². The van der Waals surface area contributed by atoms with Crippen molar-refractivity contribution in [2.24, 2.45) is 11.7 Å².